The van der Waals surface area contributed by atoms with Gasteiger partial charge in [-0.3, -0.25) is 4.79 Å². The van der Waals surface area contributed by atoms with Crippen LogP contribution in [0.4, 0.5) is 0 Å². The van der Waals surface area contributed by atoms with E-state index >= 15 is 0 Å². The van der Waals surface area contributed by atoms with Crippen LogP contribution in [0.2, 0.25) is 0 Å². The number of benzene rings is 3. The van der Waals surface area contributed by atoms with Crippen molar-refractivity contribution in [3.63, 3.8) is 0 Å². The zero-order chi connectivity index (χ0) is 20.2. The quantitative estimate of drug-likeness (QED) is 0.479. The third-order valence-corrected chi connectivity index (χ3v) is 5.89. The maximum Gasteiger partial charge on any atom is 0.230 e. The Labute approximate surface area is 174 Å². The van der Waals surface area contributed by atoms with Crippen molar-refractivity contribution in [1.82, 2.24) is 20.1 Å². The minimum absolute atomic E-state index is 0.0281. The van der Waals surface area contributed by atoms with E-state index in [9.17, 15) is 4.79 Å². The average molecular weight is 403 g/mol. The molecule has 146 valence electrons. The van der Waals surface area contributed by atoms with E-state index in [2.05, 4.69) is 39.8 Å². The van der Waals surface area contributed by atoms with E-state index < -0.39 is 0 Å². The first kappa shape index (κ1) is 19.2. The minimum Gasteiger partial charge on any atom is -0.349 e. The Morgan fingerprint density at radius 1 is 1.00 bits per heavy atom. The summed E-state index contributed by atoms with van der Waals surface area (Å²) in [5.74, 6) is 1.05. The van der Waals surface area contributed by atoms with Gasteiger partial charge in [0.2, 0.25) is 5.91 Å². The van der Waals surface area contributed by atoms with Gasteiger partial charge in [-0.15, -0.1) is 10.2 Å². The van der Waals surface area contributed by atoms with Gasteiger partial charge in [-0.2, -0.15) is 0 Å². The molecule has 1 aromatic heterocycles. The summed E-state index contributed by atoms with van der Waals surface area (Å²) in [7, 11) is 1.92. The molecule has 0 fully saturated rings. The van der Waals surface area contributed by atoms with Crippen LogP contribution in [-0.4, -0.2) is 26.4 Å². The molecule has 3 aromatic carbocycles. The molecule has 1 heterocycles. The number of amides is 1. The number of rotatable bonds is 6. The highest BCUT2D eigenvalue weighted by Gasteiger charge is 2.15. The molecule has 0 aliphatic rings. The molecule has 1 N–H and O–H groups in total. The number of nitrogens with zero attached hydrogens (tertiary/aromatic N) is 3. The lowest BCUT2D eigenvalue weighted by molar-refractivity contribution is -0.119. The van der Waals surface area contributed by atoms with Crippen molar-refractivity contribution >= 4 is 28.4 Å². The molecule has 4 rings (SSSR count). The SMILES string of the molecule is C[C@H](NC(=O)CSc1nnc(-c2ccccc2)n1C)c1cccc2ccccc12. The van der Waals surface area contributed by atoms with Gasteiger partial charge in [-0.25, -0.2) is 0 Å². The molecular weight excluding hydrogens is 380 g/mol. The van der Waals surface area contributed by atoms with Gasteiger partial charge in [-0.1, -0.05) is 84.6 Å². The zero-order valence-electron chi connectivity index (χ0n) is 16.4. The first-order valence-corrected chi connectivity index (χ1v) is 10.5. The monoisotopic (exact) mass is 402 g/mol. The van der Waals surface area contributed by atoms with Crippen molar-refractivity contribution in [3.05, 3.63) is 78.4 Å². The lowest BCUT2D eigenvalue weighted by atomic mass is 10.00. The predicted octanol–water partition coefficient (Wildman–Crippen LogP) is 4.60. The molecule has 0 saturated carbocycles. The second kappa shape index (κ2) is 8.49. The van der Waals surface area contributed by atoms with E-state index in [1.165, 1.54) is 17.1 Å². The van der Waals surface area contributed by atoms with E-state index in [4.69, 9.17) is 0 Å². The Bertz CT molecular complexity index is 1130. The summed E-state index contributed by atoms with van der Waals surface area (Å²) >= 11 is 1.39. The molecule has 0 unspecified atom stereocenters. The van der Waals surface area contributed by atoms with E-state index in [0.29, 0.717) is 0 Å². The normalized spacial score (nSPS) is 12.1. The first-order chi connectivity index (χ1) is 14.1. The number of hydrogen-bond acceptors (Lipinski definition) is 4. The highest BCUT2D eigenvalue weighted by molar-refractivity contribution is 7.99. The lowest BCUT2D eigenvalue weighted by Gasteiger charge is -2.16. The second-order valence-corrected chi connectivity index (χ2v) is 7.82. The van der Waals surface area contributed by atoms with E-state index in [1.54, 1.807) is 0 Å². The summed E-state index contributed by atoms with van der Waals surface area (Å²) in [5, 5.41) is 14.7. The molecule has 0 aliphatic carbocycles. The summed E-state index contributed by atoms with van der Waals surface area (Å²) in [6.07, 6.45) is 0. The smallest absolute Gasteiger partial charge is 0.230 e. The summed E-state index contributed by atoms with van der Waals surface area (Å²) in [6.45, 7) is 2.01. The van der Waals surface area contributed by atoms with Crippen LogP contribution in [0.15, 0.2) is 78.0 Å². The topological polar surface area (TPSA) is 59.8 Å². The molecule has 0 aliphatic heterocycles. The number of hydrogen-bond donors (Lipinski definition) is 1. The Hall–Kier alpha value is -3.12. The van der Waals surface area contributed by atoms with Gasteiger partial charge < -0.3 is 9.88 Å². The zero-order valence-corrected chi connectivity index (χ0v) is 17.2. The van der Waals surface area contributed by atoms with Crippen LogP contribution in [0.1, 0.15) is 18.5 Å². The lowest BCUT2D eigenvalue weighted by Crippen LogP contribution is -2.28. The minimum atomic E-state index is -0.0754. The molecule has 29 heavy (non-hydrogen) atoms. The molecule has 5 nitrogen and oxygen atoms in total. The fraction of sp³-hybridized carbons (Fsp3) is 0.174. The summed E-state index contributed by atoms with van der Waals surface area (Å²) in [5.41, 5.74) is 2.12. The Morgan fingerprint density at radius 2 is 1.72 bits per heavy atom. The highest BCUT2D eigenvalue weighted by Crippen LogP contribution is 2.25. The van der Waals surface area contributed by atoms with Crippen LogP contribution in [0.25, 0.3) is 22.2 Å². The third kappa shape index (κ3) is 4.17. The van der Waals surface area contributed by atoms with Crippen LogP contribution < -0.4 is 5.32 Å². The van der Waals surface area contributed by atoms with Crippen LogP contribution in [-0.2, 0) is 11.8 Å². The van der Waals surface area contributed by atoms with Gasteiger partial charge in [0.1, 0.15) is 0 Å². The Morgan fingerprint density at radius 3 is 2.55 bits per heavy atom. The van der Waals surface area contributed by atoms with Crippen molar-refractivity contribution in [3.8, 4) is 11.4 Å². The van der Waals surface area contributed by atoms with Crippen LogP contribution >= 0.6 is 11.8 Å². The largest absolute Gasteiger partial charge is 0.349 e. The van der Waals surface area contributed by atoms with Crippen molar-refractivity contribution in [2.75, 3.05) is 5.75 Å². The second-order valence-electron chi connectivity index (χ2n) is 6.88. The number of carbonyl (C=O) groups excluding carboxylic acids is 1. The predicted molar refractivity (Wildman–Crippen MR) is 118 cm³/mol. The summed E-state index contributed by atoms with van der Waals surface area (Å²) in [6, 6.07) is 24.2. The highest BCUT2D eigenvalue weighted by atomic mass is 32.2. The first-order valence-electron chi connectivity index (χ1n) is 9.48. The fourth-order valence-corrected chi connectivity index (χ4v) is 4.12. The number of carbonyl (C=O) groups is 1. The van der Waals surface area contributed by atoms with Crippen molar-refractivity contribution in [2.45, 2.75) is 18.1 Å². The molecule has 0 saturated heterocycles. The van der Waals surface area contributed by atoms with Gasteiger partial charge in [0.25, 0.3) is 0 Å². The van der Waals surface area contributed by atoms with Crippen LogP contribution in [0.3, 0.4) is 0 Å². The Kier molecular flexibility index (Phi) is 5.62. The maximum absolute atomic E-state index is 12.5. The van der Waals surface area contributed by atoms with E-state index in [0.717, 1.165) is 27.5 Å². The summed E-state index contributed by atoms with van der Waals surface area (Å²) in [4.78, 5) is 12.5. The molecule has 0 spiro atoms. The van der Waals surface area contributed by atoms with Crippen molar-refractivity contribution < 1.29 is 4.79 Å². The van der Waals surface area contributed by atoms with Crippen molar-refractivity contribution in [1.29, 1.82) is 0 Å². The standard InChI is InChI=1S/C23H22N4OS/c1-16(19-14-8-12-17-9-6-7-13-20(17)19)24-21(28)15-29-23-26-25-22(27(23)2)18-10-4-3-5-11-18/h3-14,16H,15H2,1-2H3,(H,24,28)/t16-/m0/s1. The van der Waals surface area contributed by atoms with E-state index in [-0.39, 0.29) is 17.7 Å². The van der Waals surface area contributed by atoms with Gasteiger partial charge in [0.05, 0.1) is 11.8 Å². The van der Waals surface area contributed by atoms with Gasteiger partial charge in [0.15, 0.2) is 11.0 Å². The van der Waals surface area contributed by atoms with Gasteiger partial charge in [-0.05, 0) is 23.3 Å². The molecule has 0 bridgehead atoms. The number of thioether (sulfide) groups is 1. The molecule has 4 aromatic rings. The van der Waals surface area contributed by atoms with Gasteiger partial charge >= 0.3 is 0 Å². The molecule has 1 amide bonds. The van der Waals surface area contributed by atoms with Gasteiger partial charge in [0, 0.05) is 12.6 Å². The summed E-state index contributed by atoms with van der Waals surface area (Å²) < 4.78 is 1.92. The fourth-order valence-electron chi connectivity index (χ4n) is 3.40. The Balaban J connectivity index is 1.41. The number of fused-ring (bicyclic) bond motifs is 1. The van der Waals surface area contributed by atoms with E-state index in [1.807, 2.05) is 67.1 Å². The molecule has 1 atom stereocenters. The number of nitrogens with one attached hydrogen (secondary N) is 1. The molecular formula is C23H22N4OS. The molecule has 0 radical (unpaired) electrons. The van der Waals surface area contributed by atoms with Crippen molar-refractivity contribution in [2.24, 2.45) is 7.05 Å². The van der Waals surface area contributed by atoms with Crippen LogP contribution in [0, 0.1) is 0 Å². The molecule has 6 heteroatoms. The average Bonchev–Trinajstić information content (AvgIpc) is 3.12. The third-order valence-electron chi connectivity index (χ3n) is 4.87. The maximum atomic E-state index is 12.5. The van der Waals surface area contributed by atoms with Crippen LogP contribution in [0.5, 0.6) is 0 Å². The number of aromatic nitrogens is 3.